The Morgan fingerprint density at radius 1 is 1.21 bits per heavy atom. The number of aromatic hydroxyl groups is 2. The molecule has 150 valence electrons. The summed E-state index contributed by atoms with van der Waals surface area (Å²) in [7, 11) is 0. The Kier molecular flexibility index (Phi) is 5.49. The highest BCUT2D eigenvalue weighted by Gasteiger charge is 2.23. The molecule has 0 aliphatic heterocycles. The lowest BCUT2D eigenvalue weighted by Gasteiger charge is -2.15. The van der Waals surface area contributed by atoms with Crippen LogP contribution in [0.25, 0.3) is 10.9 Å². The first-order valence-electron chi connectivity index (χ1n) is 8.98. The van der Waals surface area contributed by atoms with Gasteiger partial charge in [-0.1, -0.05) is 25.5 Å². The van der Waals surface area contributed by atoms with E-state index in [-0.39, 0.29) is 11.4 Å². The first-order chi connectivity index (χ1) is 13.8. The highest BCUT2D eigenvalue weighted by Crippen LogP contribution is 2.30. The van der Waals surface area contributed by atoms with Gasteiger partial charge in [0, 0.05) is 24.1 Å². The van der Waals surface area contributed by atoms with Crippen LogP contribution >= 0.6 is 0 Å². The van der Waals surface area contributed by atoms with E-state index in [2.05, 4.69) is 5.32 Å². The number of benzene rings is 2. The van der Waals surface area contributed by atoms with Gasteiger partial charge in [0.25, 0.3) is 17.2 Å². The fourth-order valence-corrected chi connectivity index (χ4v) is 3.05. The summed E-state index contributed by atoms with van der Waals surface area (Å²) >= 11 is 0. The predicted octanol–water partition coefficient (Wildman–Crippen LogP) is 3.37. The topological polar surface area (TPSA) is 135 Å². The quantitative estimate of drug-likeness (QED) is 0.332. The number of carbonyl (C=O) groups excluding carboxylic acids is 1. The number of aromatic nitrogens is 1. The molecule has 3 rings (SSSR count). The van der Waals surface area contributed by atoms with Crippen molar-refractivity contribution in [2.45, 2.75) is 26.3 Å². The second-order valence-electron chi connectivity index (χ2n) is 6.46. The van der Waals surface area contributed by atoms with Crippen LogP contribution in [0.1, 0.15) is 30.1 Å². The number of non-ortho nitro benzene ring substituents is 1. The van der Waals surface area contributed by atoms with E-state index in [1.807, 2.05) is 6.92 Å². The number of anilines is 1. The lowest BCUT2D eigenvalue weighted by molar-refractivity contribution is -0.384. The van der Waals surface area contributed by atoms with E-state index < -0.39 is 33.5 Å². The summed E-state index contributed by atoms with van der Waals surface area (Å²) in [4.78, 5) is 36.0. The predicted molar refractivity (Wildman–Crippen MR) is 107 cm³/mol. The molecular formula is C20H19N3O6. The lowest BCUT2D eigenvalue weighted by atomic mass is 10.1. The van der Waals surface area contributed by atoms with E-state index in [0.717, 1.165) is 24.6 Å². The number of aryl methyl sites for hydroxylation is 1. The minimum Gasteiger partial charge on any atom is -0.506 e. The summed E-state index contributed by atoms with van der Waals surface area (Å²) in [5.41, 5.74) is -1.27. The number of unbranched alkanes of at least 4 members (excludes halogenated alkanes) is 1. The van der Waals surface area contributed by atoms with Gasteiger partial charge in [-0.2, -0.15) is 0 Å². The van der Waals surface area contributed by atoms with Crippen LogP contribution in [0.4, 0.5) is 11.4 Å². The number of rotatable bonds is 6. The first-order valence-corrected chi connectivity index (χ1v) is 8.98. The van der Waals surface area contributed by atoms with Crippen LogP contribution in [0.2, 0.25) is 0 Å². The molecule has 0 saturated heterocycles. The number of para-hydroxylation sites is 1. The largest absolute Gasteiger partial charge is 0.506 e. The Morgan fingerprint density at radius 2 is 1.93 bits per heavy atom. The maximum atomic E-state index is 13.0. The molecule has 2 aromatic carbocycles. The summed E-state index contributed by atoms with van der Waals surface area (Å²) in [6.45, 7) is 2.32. The van der Waals surface area contributed by atoms with Crippen LogP contribution in [0, 0.1) is 10.1 Å². The van der Waals surface area contributed by atoms with Crippen LogP contribution in [-0.2, 0) is 6.54 Å². The highest BCUT2D eigenvalue weighted by molar-refractivity contribution is 6.09. The van der Waals surface area contributed by atoms with E-state index >= 15 is 0 Å². The monoisotopic (exact) mass is 397 g/mol. The molecule has 0 saturated carbocycles. The van der Waals surface area contributed by atoms with Crippen LogP contribution in [-0.4, -0.2) is 25.6 Å². The number of phenols is 1. The van der Waals surface area contributed by atoms with Gasteiger partial charge in [0.2, 0.25) is 0 Å². The number of phenolic OH excluding ortho intramolecular Hbond substituents is 1. The van der Waals surface area contributed by atoms with E-state index in [4.69, 9.17) is 0 Å². The van der Waals surface area contributed by atoms with Crippen molar-refractivity contribution in [3.63, 3.8) is 0 Å². The molecule has 0 bridgehead atoms. The summed E-state index contributed by atoms with van der Waals surface area (Å²) in [6.07, 6.45) is 1.52. The van der Waals surface area contributed by atoms with Crippen molar-refractivity contribution in [1.29, 1.82) is 0 Å². The summed E-state index contributed by atoms with van der Waals surface area (Å²) in [5.74, 6) is -1.87. The number of nitrogens with zero attached hydrogens (tertiary/aromatic N) is 2. The van der Waals surface area contributed by atoms with Gasteiger partial charge >= 0.3 is 0 Å². The fourth-order valence-electron chi connectivity index (χ4n) is 3.05. The van der Waals surface area contributed by atoms with Crippen molar-refractivity contribution in [2.75, 3.05) is 5.32 Å². The van der Waals surface area contributed by atoms with Crippen LogP contribution in [0.15, 0.2) is 47.3 Å². The summed E-state index contributed by atoms with van der Waals surface area (Å²) in [6, 6.07) is 9.79. The maximum absolute atomic E-state index is 13.0. The summed E-state index contributed by atoms with van der Waals surface area (Å²) in [5, 5.41) is 34.1. The van der Waals surface area contributed by atoms with Crippen molar-refractivity contribution in [2.24, 2.45) is 0 Å². The molecule has 29 heavy (non-hydrogen) atoms. The number of nitrogens with one attached hydrogen (secondary N) is 1. The Hall–Kier alpha value is -3.88. The number of carbonyl (C=O) groups is 1. The van der Waals surface area contributed by atoms with Crippen molar-refractivity contribution >= 4 is 28.2 Å². The molecule has 0 unspecified atom stereocenters. The molecule has 1 amide bonds. The van der Waals surface area contributed by atoms with Crippen molar-refractivity contribution in [1.82, 2.24) is 4.57 Å². The molecule has 0 atom stereocenters. The first kappa shape index (κ1) is 19.9. The molecule has 3 N–H and O–H groups in total. The van der Waals surface area contributed by atoms with Crippen molar-refractivity contribution in [3.05, 3.63) is 68.5 Å². The SMILES string of the molecule is CCCCn1c(=O)c(C(=O)Nc2cc([N+](=O)[O-])ccc2O)c(O)c2ccccc21. The Labute approximate surface area is 165 Å². The fraction of sp³-hybridized carbons (Fsp3) is 0.200. The lowest BCUT2D eigenvalue weighted by Crippen LogP contribution is -2.30. The zero-order valence-corrected chi connectivity index (χ0v) is 15.6. The number of hydrogen-bond donors (Lipinski definition) is 3. The Balaban J connectivity index is 2.12. The molecule has 0 fully saturated rings. The van der Waals surface area contributed by atoms with Crippen LogP contribution in [0.3, 0.4) is 0 Å². The molecule has 0 spiro atoms. The van der Waals surface area contributed by atoms with Gasteiger partial charge in [-0.25, -0.2) is 0 Å². The molecule has 1 aromatic heterocycles. The normalized spacial score (nSPS) is 10.8. The van der Waals surface area contributed by atoms with Crippen LogP contribution < -0.4 is 10.9 Å². The van der Waals surface area contributed by atoms with E-state index in [1.165, 1.54) is 4.57 Å². The molecular weight excluding hydrogens is 378 g/mol. The Morgan fingerprint density at radius 3 is 2.62 bits per heavy atom. The molecule has 3 aromatic rings. The zero-order valence-electron chi connectivity index (χ0n) is 15.6. The standard InChI is InChI=1S/C20H19N3O6/c1-2-3-10-22-15-7-5-4-6-13(15)18(25)17(20(22)27)19(26)21-14-11-12(23(28)29)8-9-16(14)24/h4-9,11,24-25H,2-3,10H2,1H3,(H,21,26). The van der Waals surface area contributed by atoms with Gasteiger partial charge in [0.1, 0.15) is 17.1 Å². The van der Waals surface area contributed by atoms with Crippen LogP contribution in [0.5, 0.6) is 11.5 Å². The third-order valence-electron chi connectivity index (χ3n) is 4.55. The van der Waals surface area contributed by atoms with Gasteiger partial charge < -0.3 is 20.1 Å². The van der Waals surface area contributed by atoms with E-state index in [9.17, 15) is 29.9 Å². The average Bonchev–Trinajstić information content (AvgIpc) is 2.69. The summed E-state index contributed by atoms with van der Waals surface area (Å²) < 4.78 is 1.42. The zero-order chi connectivity index (χ0) is 21.1. The smallest absolute Gasteiger partial charge is 0.271 e. The molecule has 0 aliphatic rings. The van der Waals surface area contributed by atoms with Gasteiger partial charge in [0.15, 0.2) is 0 Å². The number of amides is 1. The molecule has 0 aliphatic carbocycles. The third kappa shape index (κ3) is 3.75. The number of pyridine rings is 1. The van der Waals surface area contributed by atoms with Gasteiger partial charge in [-0.15, -0.1) is 0 Å². The molecule has 1 heterocycles. The third-order valence-corrected chi connectivity index (χ3v) is 4.55. The number of hydrogen-bond acceptors (Lipinski definition) is 6. The second kappa shape index (κ2) is 8.01. The van der Waals surface area contributed by atoms with Gasteiger partial charge in [-0.3, -0.25) is 19.7 Å². The average molecular weight is 397 g/mol. The molecule has 0 radical (unpaired) electrons. The minimum atomic E-state index is -0.973. The highest BCUT2D eigenvalue weighted by atomic mass is 16.6. The second-order valence-corrected chi connectivity index (χ2v) is 6.46. The van der Waals surface area contributed by atoms with Gasteiger partial charge in [0.05, 0.1) is 16.1 Å². The number of nitro benzene ring substituents is 1. The Bertz CT molecular complexity index is 1170. The molecule has 9 heteroatoms. The maximum Gasteiger partial charge on any atom is 0.271 e. The number of fused-ring (bicyclic) bond motifs is 1. The minimum absolute atomic E-state index is 0.240. The van der Waals surface area contributed by atoms with Gasteiger partial charge in [-0.05, 0) is 24.6 Å². The number of nitro groups is 1. The van der Waals surface area contributed by atoms with Crippen molar-refractivity contribution < 1.29 is 19.9 Å². The van der Waals surface area contributed by atoms with Crippen molar-refractivity contribution in [3.8, 4) is 11.5 Å². The van der Waals surface area contributed by atoms with E-state index in [0.29, 0.717) is 23.9 Å². The van der Waals surface area contributed by atoms with E-state index in [1.54, 1.807) is 24.3 Å². The molecule has 9 nitrogen and oxygen atoms in total.